The van der Waals surface area contributed by atoms with Crippen molar-refractivity contribution in [3.05, 3.63) is 95.2 Å². The third-order valence-electron chi connectivity index (χ3n) is 7.09. The van der Waals surface area contributed by atoms with E-state index in [1.807, 2.05) is 31.2 Å². The molecule has 3 aromatic carbocycles. The molecule has 1 amide bonds. The quantitative estimate of drug-likeness (QED) is 0.349. The molecule has 1 saturated heterocycles. The second-order valence-electron chi connectivity index (χ2n) is 9.80. The Balaban J connectivity index is 1.30. The highest BCUT2D eigenvalue weighted by molar-refractivity contribution is 6.07. The van der Waals surface area contributed by atoms with E-state index in [-0.39, 0.29) is 5.91 Å². The molecular formula is C31H33N3O2. The summed E-state index contributed by atoms with van der Waals surface area (Å²) in [7, 11) is 2.17. The maximum absolute atomic E-state index is 13.2. The van der Waals surface area contributed by atoms with E-state index in [4.69, 9.17) is 9.72 Å². The van der Waals surface area contributed by atoms with Gasteiger partial charge in [-0.25, -0.2) is 0 Å². The van der Waals surface area contributed by atoms with Gasteiger partial charge in [0.25, 0.3) is 5.91 Å². The number of rotatable bonds is 6. The topological polar surface area (TPSA) is 54.5 Å². The lowest BCUT2D eigenvalue weighted by Crippen LogP contribution is -2.36. The summed E-state index contributed by atoms with van der Waals surface area (Å²) in [4.78, 5) is 20.3. The van der Waals surface area contributed by atoms with E-state index in [1.165, 1.54) is 11.1 Å². The number of ether oxygens (including phenoxy) is 1. The van der Waals surface area contributed by atoms with Crippen LogP contribution in [0.1, 0.15) is 40.0 Å². The maximum atomic E-state index is 13.2. The second-order valence-corrected chi connectivity index (χ2v) is 9.80. The molecule has 0 spiro atoms. The first-order chi connectivity index (χ1) is 17.5. The monoisotopic (exact) mass is 479 g/mol. The first kappa shape index (κ1) is 24.2. The predicted molar refractivity (Wildman–Crippen MR) is 146 cm³/mol. The van der Waals surface area contributed by atoms with Crippen molar-refractivity contribution < 1.29 is 9.53 Å². The van der Waals surface area contributed by atoms with Crippen LogP contribution in [-0.4, -0.2) is 42.1 Å². The van der Waals surface area contributed by atoms with Crippen molar-refractivity contribution in [2.75, 3.05) is 25.6 Å². The molecule has 0 aliphatic carbocycles. The third-order valence-corrected chi connectivity index (χ3v) is 7.09. The van der Waals surface area contributed by atoms with Gasteiger partial charge in [-0.3, -0.25) is 14.7 Å². The molecule has 1 aromatic heterocycles. The number of nitrogens with one attached hydrogen (secondary N) is 1. The van der Waals surface area contributed by atoms with Crippen molar-refractivity contribution in [1.29, 1.82) is 0 Å². The van der Waals surface area contributed by atoms with Crippen LogP contribution in [0.3, 0.4) is 0 Å². The van der Waals surface area contributed by atoms with Gasteiger partial charge in [0.05, 0.1) is 16.8 Å². The number of benzene rings is 3. The standard InChI is InChI=1S/C31H33N3O2/c1-21-4-8-24(9-5-21)25-10-13-30-26(18-25)19-29(22(2)32-30)31(35)33-27-11-6-23(7-12-27)20-34(3)28-14-16-36-17-15-28/h4-13,18-19,28H,14-17,20H2,1-3H3,(H,33,35). The fourth-order valence-corrected chi connectivity index (χ4v) is 4.86. The van der Waals surface area contributed by atoms with Gasteiger partial charge in [-0.1, -0.05) is 48.0 Å². The highest BCUT2D eigenvalue weighted by Gasteiger charge is 2.18. The summed E-state index contributed by atoms with van der Waals surface area (Å²) in [5, 5.41) is 4.01. The second kappa shape index (κ2) is 10.6. The number of hydrogen-bond acceptors (Lipinski definition) is 4. The average Bonchev–Trinajstić information content (AvgIpc) is 2.90. The molecule has 0 radical (unpaired) electrons. The number of pyridine rings is 1. The Morgan fingerprint density at radius 1 is 0.944 bits per heavy atom. The molecule has 1 aliphatic heterocycles. The Hall–Kier alpha value is -3.54. The van der Waals surface area contributed by atoms with Gasteiger partial charge in [-0.2, -0.15) is 0 Å². The Morgan fingerprint density at radius 3 is 2.36 bits per heavy atom. The van der Waals surface area contributed by atoms with E-state index < -0.39 is 0 Å². The Morgan fingerprint density at radius 2 is 1.64 bits per heavy atom. The number of nitrogens with zero attached hydrogens (tertiary/aromatic N) is 2. The van der Waals surface area contributed by atoms with Gasteiger partial charge >= 0.3 is 0 Å². The minimum Gasteiger partial charge on any atom is -0.381 e. The molecule has 0 unspecified atom stereocenters. The number of anilines is 1. The van der Waals surface area contributed by atoms with Crippen LogP contribution in [-0.2, 0) is 11.3 Å². The van der Waals surface area contributed by atoms with Crippen LogP contribution < -0.4 is 5.32 Å². The summed E-state index contributed by atoms with van der Waals surface area (Å²) in [5.41, 5.74) is 7.70. The molecule has 184 valence electrons. The molecule has 1 N–H and O–H groups in total. The first-order valence-electron chi connectivity index (χ1n) is 12.6. The summed E-state index contributed by atoms with van der Waals surface area (Å²) >= 11 is 0. The molecule has 5 heteroatoms. The fourth-order valence-electron chi connectivity index (χ4n) is 4.86. The van der Waals surface area contributed by atoms with E-state index >= 15 is 0 Å². The van der Waals surface area contributed by atoms with Gasteiger partial charge in [0, 0.05) is 36.9 Å². The summed E-state index contributed by atoms with van der Waals surface area (Å²) in [6, 6.07) is 25.3. The number of amides is 1. The Bertz CT molecular complexity index is 1360. The van der Waals surface area contributed by atoms with Crippen molar-refractivity contribution in [3.8, 4) is 11.1 Å². The number of aryl methyl sites for hydroxylation is 2. The lowest BCUT2D eigenvalue weighted by Gasteiger charge is -2.31. The number of carbonyl (C=O) groups is 1. The predicted octanol–water partition coefficient (Wildman–Crippen LogP) is 6.38. The minimum atomic E-state index is -0.144. The van der Waals surface area contributed by atoms with Crippen molar-refractivity contribution in [2.24, 2.45) is 0 Å². The molecular weight excluding hydrogens is 446 g/mol. The SMILES string of the molecule is Cc1ccc(-c2ccc3nc(C)c(C(=O)Nc4ccc(CN(C)C5CCOCC5)cc4)cc3c2)cc1. The highest BCUT2D eigenvalue weighted by Crippen LogP contribution is 2.26. The summed E-state index contributed by atoms with van der Waals surface area (Å²) in [5.74, 6) is -0.144. The molecule has 4 aromatic rings. The Labute approximate surface area is 213 Å². The summed E-state index contributed by atoms with van der Waals surface area (Å²) in [6.07, 6.45) is 2.16. The maximum Gasteiger partial charge on any atom is 0.257 e. The molecule has 0 bridgehead atoms. The van der Waals surface area contributed by atoms with Crippen LogP contribution in [0.25, 0.3) is 22.0 Å². The van der Waals surface area contributed by atoms with Crippen LogP contribution in [0.15, 0.2) is 72.8 Å². The lowest BCUT2D eigenvalue weighted by atomic mass is 10.0. The highest BCUT2D eigenvalue weighted by atomic mass is 16.5. The number of fused-ring (bicyclic) bond motifs is 1. The van der Waals surface area contributed by atoms with Crippen LogP contribution in [0.4, 0.5) is 5.69 Å². The third kappa shape index (κ3) is 5.48. The zero-order valence-electron chi connectivity index (χ0n) is 21.3. The zero-order valence-corrected chi connectivity index (χ0v) is 21.3. The van der Waals surface area contributed by atoms with Crippen LogP contribution in [0.2, 0.25) is 0 Å². The largest absolute Gasteiger partial charge is 0.381 e. The molecule has 0 atom stereocenters. The number of aromatic nitrogens is 1. The van der Waals surface area contributed by atoms with Crippen molar-refractivity contribution in [3.63, 3.8) is 0 Å². The smallest absolute Gasteiger partial charge is 0.257 e. The molecule has 2 heterocycles. The molecule has 0 saturated carbocycles. The first-order valence-corrected chi connectivity index (χ1v) is 12.6. The van der Waals surface area contributed by atoms with Crippen LogP contribution in [0, 0.1) is 13.8 Å². The van der Waals surface area contributed by atoms with E-state index in [2.05, 4.69) is 72.7 Å². The van der Waals surface area contributed by atoms with E-state index in [0.29, 0.717) is 11.6 Å². The van der Waals surface area contributed by atoms with Gasteiger partial charge in [-0.15, -0.1) is 0 Å². The van der Waals surface area contributed by atoms with Crippen molar-refractivity contribution in [2.45, 2.75) is 39.3 Å². The van der Waals surface area contributed by atoms with Gasteiger partial charge in [0.2, 0.25) is 0 Å². The van der Waals surface area contributed by atoms with Crippen molar-refractivity contribution in [1.82, 2.24) is 9.88 Å². The Kier molecular flexibility index (Phi) is 7.12. The molecule has 5 nitrogen and oxygen atoms in total. The summed E-state index contributed by atoms with van der Waals surface area (Å²) < 4.78 is 5.48. The minimum absolute atomic E-state index is 0.144. The summed E-state index contributed by atoms with van der Waals surface area (Å²) in [6.45, 7) is 6.54. The van der Waals surface area contributed by atoms with E-state index in [9.17, 15) is 4.79 Å². The van der Waals surface area contributed by atoms with Gasteiger partial charge in [0.1, 0.15) is 0 Å². The van der Waals surface area contributed by atoms with Crippen molar-refractivity contribution >= 4 is 22.5 Å². The zero-order chi connectivity index (χ0) is 25.1. The van der Waals surface area contributed by atoms with Gasteiger partial charge in [-0.05, 0) is 80.8 Å². The number of hydrogen-bond donors (Lipinski definition) is 1. The molecule has 36 heavy (non-hydrogen) atoms. The lowest BCUT2D eigenvalue weighted by molar-refractivity contribution is 0.0407. The van der Waals surface area contributed by atoms with E-state index in [1.54, 1.807) is 0 Å². The molecule has 1 fully saturated rings. The van der Waals surface area contributed by atoms with Crippen LogP contribution in [0.5, 0.6) is 0 Å². The number of carbonyl (C=O) groups excluding carboxylic acids is 1. The van der Waals surface area contributed by atoms with Gasteiger partial charge < -0.3 is 10.1 Å². The van der Waals surface area contributed by atoms with Crippen LogP contribution >= 0.6 is 0 Å². The van der Waals surface area contributed by atoms with E-state index in [0.717, 1.165) is 66.0 Å². The molecule has 5 rings (SSSR count). The van der Waals surface area contributed by atoms with Gasteiger partial charge in [0.15, 0.2) is 0 Å². The normalized spacial score (nSPS) is 14.3. The fraction of sp³-hybridized carbons (Fsp3) is 0.290. The average molecular weight is 480 g/mol. The molecule has 1 aliphatic rings.